The monoisotopic (exact) mass is 772 g/mol. The summed E-state index contributed by atoms with van der Waals surface area (Å²) >= 11 is 1.46. The van der Waals surface area contributed by atoms with E-state index in [1.807, 2.05) is 6.07 Å². The van der Waals surface area contributed by atoms with Crippen molar-refractivity contribution in [3.05, 3.63) is 29.3 Å². The van der Waals surface area contributed by atoms with Crippen molar-refractivity contribution in [1.29, 1.82) is 0 Å². The Bertz CT molecular complexity index is 1320. The normalized spacial score (nSPS) is 31.9. The second kappa shape index (κ2) is 18.7. The van der Waals surface area contributed by atoms with Crippen LogP contribution in [0.3, 0.4) is 0 Å². The molecule has 1 aromatic carbocycles. The van der Waals surface area contributed by atoms with Crippen LogP contribution >= 0.6 is 11.8 Å². The van der Waals surface area contributed by atoms with E-state index in [-0.39, 0.29) is 42.2 Å². The third-order valence-corrected chi connectivity index (χ3v) is 14.2. The van der Waals surface area contributed by atoms with Gasteiger partial charge in [0.05, 0.1) is 12.7 Å². The predicted octanol–water partition coefficient (Wildman–Crippen LogP) is 12.1. The standard InChI is InChI=1S/C42H61F5O5S/c1-40-23-21-31-30-18-17-29(51-36-15-8-10-24-49-36)28-33(30)39(48)32(38(31)34(40)19-20-35(40)52-37-16-9-11-25-50-37)14-7-5-3-2-4-6-12-26-53-27-13-22-41(43,44)42(45,46)47/h17-18,28,31-32,34-38H,2-16,19-27H2,1H3/t31-,32+,34+,35+,36-,37+,38+,40+/m1/s1. The fourth-order valence-electron chi connectivity index (χ4n) is 10.2. The molecule has 6 rings (SSSR count). The maximum absolute atomic E-state index is 14.6. The van der Waals surface area contributed by atoms with Gasteiger partial charge in [0.1, 0.15) is 5.75 Å². The molecular formula is C42H61F5O5S. The highest BCUT2D eigenvalue weighted by Gasteiger charge is 2.59. The van der Waals surface area contributed by atoms with Gasteiger partial charge in [-0.15, -0.1) is 0 Å². The van der Waals surface area contributed by atoms with E-state index in [0.29, 0.717) is 30.1 Å². The second-order valence-electron chi connectivity index (χ2n) is 16.6. The van der Waals surface area contributed by atoms with Crippen molar-refractivity contribution in [2.75, 3.05) is 24.7 Å². The third kappa shape index (κ3) is 10.1. The minimum absolute atomic E-state index is 0.0175. The van der Waals surface area contributed by atoms with Crippen LogP contribution in [0, 0.1) is 23.2 Å². The third-order valence-electron chi connectivity index (χ3n) is 13.1. The number of unbranched alkanes of at least 4 members (excludes halogenated alkanes) is 6. The number of rotatable bonds is 18. The van der Waals surface area contributed by atoms with Crippen molar-refractivity contribution in [3.8, 4) is 5.75 Å². The van der Waals surface area contributed by atoms with E-state index >= 15 is 0 Å². The van der Waals surface area contributed by atoms with Crippen molar-refractivity contribution < 1.29 is 45.7 Å². The van der Waals surface area contributed by atoms with E-state index in [1.165, 1.54) is 17.3 Å². The molecule has 53 heavy (non-hydrogen) atoms. The minimum Gasteiger partial charge on any atom is -0.465 e. The minimum atomic E-state index is -5.46. The zero-order valence-corrected chi connectivity index (χ0v) is 32.4. The van der Waals surface area contributed by atoms with Gasteiger partial charge in [0.2, 0.25) is 0 Å². The molecular weight excluding hydrogens is 712 g/mol. The molecule has 0 unspecified atom stereocenters. The quantitative estimate of drug-likeness (QED) is 0.109. The Kier molecular flexibility index (Phi) is 14.5. The molecule has 5 nitrogen and oxygen atoms in total. The van der Waals surface area contributed by atoms with E-state index in [0.717, 1.165) is 139 Å². The van der Waals surface area contributed by atoms with Gasteiger partial charge in [-0.2, -0.15) is 33.7 Å². The molecule has 1 aromatic rings. The van der Waals surface area contributed by atoms with E-state index in [1.54, 1.807) is 0 Å². The first kappa shape index (κ1) is 41.2. The van der Waals surface area contributed by atoms with Gasteiger partial charge < -0.3 is 18.9 Å². The highest BCUT2D eigenvalue weighted by Crippen LogP contribution is 2.63. The summed E-state index contributed by atoms with van der Waals surface area (Å²) in [5.74, 6) is -1.41. The number of halogens is 5. The number of Topliss-reactive ketones (excluding diaryl/α,β-unsaturated/α-hetero) is 1. The lowest BCUT2D eigenvalue weighted by Gasteiger charge is -2.53. The van der Waals surface area contributed by atoms with Gasteiger partial charge in [0.25, 0.3) is 0 Å². The molecule has 3 aliphatic carbocycles. The molecule has 0 radical (unpaired) electrons. The van der Waals surface area contributed by atoms with Crippen LogP contribution in [0.4, 0.5) is 22.0 Å². The summed E-state index contributed by atoms with van der Waals surface area (Å²) < 4.78 is 87.9. The number of benzene rings is 1. The number of hydrogen-bond acceptors (Lipinski definition) is 6. The van der Waals surface area contributed by atoms with E-state index in [2.05, 4.69) is 19.1 Å². The van der Waals surface area contributed by atoms with Crippen molar-refractivity contribution >= 4 is 17.5 Å². The number of thioether (sulfide) groups is 1. The zero-order chi connectivity index (χ0) is 37.5. The summed E-state index contributed by atoms with van der Waals surface area (Å²) in [6, 6.07) is 6.23. The van der Waals surface area contributed by atoms with Crippen LogP contribution in [0.15, 0.2) is 18.2 Å². The van der Waals surface area contributed by atoms with E-state index < -0.39 is 18.5 Å². The van der Waals surface area contributed by atoms with Crippen LogP contribution in [-0.4, -0.2) is 61.3 Å². The molecule has 8 atom stereocenters. The zero-order valence-electron chi connectivity index (χ0n) is 31.6. The fourth-order valence-corrected chi connectivity index (χ4v) is 11.1. The largest absolute Gasteiger partial charge is 0.465 e. The molecule has 0 N–H and O–H groups in total. The number of ether oxygens (including phenoxy) is 4. The lowest BCUT2D eigenvalue weighted by molar-refractivity contribution is -0.284. The van der Waals surface area contributed by atoms with Crippen LogP contribution < -0.4 is 4.74 Å². The molecule has 2 saturated carbocycles. The molecule has 0 amide bonds. The Labute approximate surface area is 317 Å². The summed E-state index contributed by atoms with van der Waals surface area (Å²) in [6.45, 7) is 3.91. The Morgan fingerprint density at radius 3 is 2.19 bits per heavy atom. The number of fused-ring (bicyclic) bond motifs is 5. The molecule has 2 heterocycles. The highest BCUT2D eigenvalue weighted by atomic mass is 32.2. The first-order valence-corrected chi connectivity index (χ1v) is 21.9. The molecule has 300 valence electrons. The van der Waals surface area contributed by atoms with Crippen molar-refractivity contribution in [2.24, 2.45) is 23.2 Å². The van der Waals surface area contributed by atoms with Gasteiger partial charge in [0.15, 0.2) is 18.4 Å². The van der Waals surface area contributed by atoms with Gasteiger partial charge in [-0.1, -0.05) is 51.5 Å². The predicted molar refractivity (Wildman–Crippen MR) is 198 cm³/mol. The topological polar surface area (TPSA) is 54.0 Å². The number of hydrogen-bond donors (Lipinski definition) is 0. The van der Waals surface area contributed by atoms with Crippen LogP contribution in [0.25, 0.3) is 0 Å². The van der Waals surface area contributed by atoms with Gasteiger partial charge in [-0.05, 0) is 129 Å². The Balaban J connectivity index is 1.01. The summed E-state index contributed by atoms with van der Waals surface area (Å²) in [7, 11) is 0. The van der Waals surface area contributed by atoms with Gasteiger partial charge >= 0.3 is 12.1 Å². The fraction of sp³-hybridized carbons (Fsp3) is 0.833. The van der Waals surface area contributed by atoms with E-state index in [4.69, 9.17) is 18.9 Å². The average molecular weight is 773 g/mol. The molecule has 2 saturated heterocycles. The first-order valence-electron chi connectivity index (χ1n) is 20.7. The number of carbonyl (C=O) groups excluding carboxylic acids is 1. The van der Waals surface area contributed by atoms with Gasteiger partial charge in [0, 0.05) is 30.9 Å². The summed E-state index contributed by atoms with van der Waals surface area (Å²) in [6.07, 6.45) is 11.8. The Hall–Kier alpha value is -1.43. The highest BCUT2D eigenvalue weighted by molar-refractivity contribution is 7.99. The van der Waals surface area contributed by atoms with Crippen molar-refractivity contribution in [3.63, 3.8) is 0 Å². The maximum atomic E-state index is 14.6. The Morgan fingerprint density at radius 1 is 0.811 bits per heavy atom. The summed E-state index contributed by atoms with van der Waals surface area (Å²) in [4.78, 5) is 14.6. The average Bonchev–Trinajstić information content (AvgIpc) is 3.47. The summed E-state index contributed by atoms with van der Waals surface area (Å²) in [5.41, 5.74) is 2.08. The molecule has 4 fully saturated rings. The Morgan fingerprint density at radius 2 is 1.49 bits per heavy atom. The van der Waals surface area contributed by atoms with Crippen LogP contribution in [0.5, 0.6) is 5.75 Å². The molecule has 2 aliphatic heterocycles. The van der Waals surface area contributed by atoms with Gasteiger partial charge in [-0.25, -0.2) is 0 Å². The molecule has 0 spiro atoms. The number of carbonyl (C=O) groups is 1. The second-order valence-corrected chi connectivity index (χ2v) is 17.9. The maximum Gasteiger partial charge on any atom is 0.453 e. The summed E-state index contributed by atoms with van der Waals surface area (Å²) in [5, 5.41) is 0. The molecule has 0 bridgehead atoms. The lowest BCUT2D eigenvalue weighted by Crippen LogP contribution is -2.50. The lowest BCUT2D eigenvalue weighted by atomic mass is 9.51. The number of ketones is 1. The first-order chi connectivity index (χ1) is 25.5. The SMILES string of the molecule is C[C@]12CC[C@@H]3c4ccc(O[C@@H]5CCCCO5)cc4C(=O)[C@@H](CCCCCCCCCSCCCC(F)(F)C(F)(F)F)[C@H]3[C@@H]1CC[C@@H]2O[C@H]1CCCCO1. The van der Waals surface area contributed by atoms with Crippen LogP contribution in [0.2, 0.25) is 0 Å². The van der Waals surface area contributed by atoms with Crippen LogP contribution in [-0.2, 0) is 14.2 Å². The molecule has 0 aromatic heterocycles. The molecule has 11 heteroatoms. The van der Waals surface area contributed by atoms with Crippen LogP contribution in [0.1, 0.15) is 157 Å². The van der Waals surface area contributed by atoms with Crippen molar-refractivity contribution in [1.82, 2.24) is 0 Å². The number of alkyl halides is 5. The smallest absolute Gasteiger partial charge is 0.453 e. The van der Waals surface area contributed by atoms with E-state index in [9.17, 15) is 26.7 Å². The molecule has 5 aliphatic rings. The van der Waals surface area contributed by atoms with Crippen molar-refractivity contribution in [2.45, 2.75) is 172 Å². The van der Waals surface area contributed by atoms with Gasteiger partial charge in [-0.3, -0.25) is 4.79 Å².